The molecule has 0 amide bonds. The summed E-state index contributed by atoms with van der Waals surface area (Å²) in [7, 11) is 1.50. The number of esters is 1. The van der Waals surface area contributed by atoms with Gasteiger partial charge >= 0.3 is 5.97 Å². The number of benzene rings is 2. The number of carbonyl (C=O) groups is 1. The molecule has 9 nitrogen and oxygen atoms in total. The van der Waals surface area contributed by atoms with Gasteiger partial charge in [0.05, 0.1) is 27.3 Å². The number of nitrogens with zero attached hydrogens (tertiary/aromatic N) is 3. The molecular weight excluding hydrogens is 494 g/mol. The summed E-state index contributed by atoms with van der Waals surface area (Å²) in [6.07, 6.45) is 1.63. The molecule has 1 atom stereocenters. The summed E-state index contributed by atoms with van der Waals surface area (Å²) in [6, 6.07) is 12.0. The Kier molecular flexibility index (Phi) is 7.25. The molecule has 2 heterocycles. The van der Waals surface area contributed by atoms with E-state index in [4.69, 9.17) is 21.1 Å². The normalized spacial score (nSPS) is 15.5. The van der Waals surface area contributed by atoms with Crippen molar-refractivity contribution in [3.8, 4) is 0 Å². The van der Waals surface area contributed by atoms with Crippen LogP contribution in [-0.2, 0) is 14.3 Å². The molecule has 0 saturated heterocycles. The summed E-state index contributed by atoms with van der Waals surface area (Å²) in [5.74, 6) is -0.613. The molecule has 0 unspecified atom stereocenters. The first-order valence-electron chi connectivity index (χ1n) is 10.5. The molecule has 0 bridgehead atoms. The highest BCUT2D eigenvalue weighted by atomic mass is 35.5. The number of non-ortho nitro benzene ring substituents is 1. The largest absolute Gasteiger partial charge is 0.460 e. The zero-order valence-electron chi connectivity index (χ0n) is 18.8. The lowest BCUT2D eigenvalue weighted by Crippen LogP contribution is -2.40. The lowest BCUT2D eigenvalue weighted by Gasteiger charge is -2.25. The van der Waals surface area contributed by atoms with E-state index in [0.29, 0.717) is 31.2 Å². The van der Waals surface area contributed by atoms with Gasteiger partial charge in [0.2, 0.25) is 0 Å². The minimum absolute atomic E-state index is 0.0467. The predicted octanol–water partition coefficient (Wildman–Crippen LogP) is 2.99. The van der Waals surface area contributed by atoms with Gasteiger partial charge in [0, 0.05) is 24.3 Å². The van der Waals surface area contributed by atoms with Crippen LogP contribution < -0.4 is 14.9 Å². The van der Waals surface area contributed by atoms with Gasteiger partial charge in [-0.3, -0.25) is 19.5 Å². The van der Waals surface area contributed by atoms with Gasteiger partial charge in [-0.2, -0.15) is 0 Å². The molecule has 1 aromatic heterocycles. The van der Waals surface area contributed by atoms with E-state index in [2.05, 4.69) is 4.99 Å². The summed E-state index contributed by atoms with van der Waals surface area (Å²) >= 11 is 7.65. The van der Waals surface area contributed by atoms with E-state index >= 15 is 0 Å². The number of thiazole rings is 1. The zero-order valence-corrected chi connectivity index (χ0v) is 20.3. The standard InChI is InChI=1S/C24H20ClN3O6S/c1-14-20(23(30)34-12-11-33-2)21(17-5-3-4-6-18(17)25)27-22(29)19(35-24(27)26-14)13-15-7-9-16(10-8-15)28(31)32/h3-10,13,21H,11-12H2,1-2H3/b19-13-/t21-/m1/s1. The Morgan fingerprint density at radius 1 is 1.23 bits per heavy atom. The lowest BCUT2D eigenvalue weighted by atomic mass is 9.96. The maximum atomic E-state index is 13.6. The Morgan fingerprint density at radius 3 is 2.60 bits per heavy atom. The van der Waals surface area contributed by atoms with Gasteiger partial charge in [-0.1, -0.05) is 41.1 Å². The molecule has 11 heteroatoms. The van der Waals surface area contributed by atoms with Crippen molar-refractivity contribution in [1.29, 1.82) is 0 Å². The summed E-state index contributed by atoms with van der Waals surface area (Å²) < 4.78 is 12.1. The molecule has 0 aliphatic carbocycles. The number of carbonyl (C=O) groups excluding carboxylic acids is 1. The summed E-state index contributed by atoms with van der Waals surface area (Å²) in [5.41, 5.74) is 1.39. The van der Waals surface area contributed by atoms with E-state index in [-0.39, 0.29) is 30.0 Å². The number of halogens is 1. The first kappa shape index (κ1) is 24.5. The maximum absolute atomic E-state index is 13.6. The van der Waals surface area contributed by atoms with Crippen molar-refractivity contribution in [2.45, 2.75) is 13.0 Å². The highest BCUT2D eigenvalue weighted by Gasteiger charge is 2.34. The van der Waals surface area contributed by atoms with Gasteiger partial charge in [-0.05, 0) is 42.3 Å². The van der Waals surface area contributed by atoms with Crippen LogP contribution in [0.15, 0.2) is 69.6 Å². The zero-order chi connectivity index (χ0) is 25.1. The molecule has 0 saturated carbocycles. The van der Waals surface area contributed by atoms with Crippen molar-refractivity contribution in [3.05, 3.63) is 106 Å². The molecule has 0 radical (unpaired) electrons. The fraction of sp³-hybridized carbons (Fsp3) is 0.208. The first-order valence-corrected chi connectivity index (χ1v) is 11.7. The Hall–Kier alpha value is -3.60. The smallest absolute Gasteiger partial charge is 0.338 e. The second kappa shape index (κ2) is 10.3. The Morgan fingerprint density at radius 2 is 1.94 bits per heavy atom. The fourth-order valence-corrected chi connectivity index (χ4v) is 5.00. The molecular formula is C24H20ClN3O6S. The van der Waals surface area contributed by atoms with E-state index in [1.165, 1.54) is 23.8 Å². The van der Waals surface area contributed by atoms with Crippen LogP contribution in [0.3, 0.4) is 0 Å². The van der Waals surface area contributed by atoms with Crippen molar-refractivity contribution in [1.82, 2.24) is 4.57 Å². The van der Waals surface area contributed by atoms with Gasteiger partial charge in [0.15, 0.2) is 4.80 Å². The first-order chi connectivity index (χ1) is 16.8. The topological polar surface area (TPSA) is 113 Å². The van der Waals surface area contributed by atoms with Crippen LogP contribution in [0.25, 0.3) is 6.08 Å². The predicted molar refractivity (Wildman–Crippen MR) is 131 cm³/mol. The van der Waals surface area contributed by atoms with Gasteiger partial charge in [0.1, 0.15) is 12.6 Å². The lowest BCUT2D eigenvalue weighted by molar-refractivity contribution is -0.384. The number of fused-ring (bicyclic) bond motifs is 1. The van der Waals surface area contributed by atoms with Crippen LogP contribution in [0.1, 0.15) is 24.1 Å². The maximum Gasteiger partial charge on any atom is 0.338 e. The third-order valence-corrected chi connectivity index (χ3v) is 6.69. The van der Waals surface area contributed by atoms with Gasteiger partial charge in [-0.15, -0.1) is 0 Å². The summed E-state index contributed by atoms with van der Waals surface area (Å²) in [5, 5.41) is 11.3. The van der Waals surface area contributed by atoms with Gasteiger partial charge in [0.25, 0.3) is 11.2 Å². The van der Waals surface area contributed by atoms with E-state index < -0.39 is 16.9 Å². The molecule has 1 aliphatic rings. The number of nitro groups is 1. The average molecular weight is 514 g/mol. The second-order valence-corrected chi connectivity index (χ2v) is 9.00. The molecule has 180 valence electrons. The molecule has 0 fully saturated rings. The Balaban J connectivity index is 1.87. The van der Waals surface area contributed by atoms with Gasteiger partial charge in [-0.25, -0.2) is 9.79 Å². The minimum Gasteiger partial charge on any atom is -0.460 e. The molecule has 3 aromatic rings. The molecule has 1 aliphatic heterocycles. The van der Waals surface area contributed by atoms with E-state index in [1.807, 2.05) is 0 Å². The number of nitro benzene ring substituents is 1. The van der Waals surface area contributed by atoms with Crippen LogP contribution in [0.5, 0.6) is 0 Å². The summed E-state index contributed by atoms with van der Waals surface area (Å²) in [4.78, 5) is 42.0. The fourth-order valence-electron chi connectivity index (χ4n) is 3.71. The highest BCUT2D eigenvalue weighted by molar-refractivity contribution is 7.07. The van der Waals surface area contributed by atoms with Crippen LogP contribution in [0.4, 0.5) is 5.69 Å². The molecule has 0 spiro atoms. The van der Waals surface area contributed by atoms with Crippen molar-refractivity contribution in [3.63, 3.8) is 0 Å². The number of aromatic nitrogens is 1. The number of hydrogen-bond donors (Lipinski definition) is 0. The monoisotopic (exact) mass is 513 g/mol. The van der Waals surface area contributed by atoms with Crippen molar-refractivity contribution >= 4 is 40.7 Å². The minimum atomic E-state index is -0.839. The molecule has 0 N–H and O–H groups in total. The van der Waals surface area contributed by atoms with Crippen LogP contribution in [0, 0.1) is 10.1 Å². The number of hydrogen-bond acceptors (Lipinski definition) is 8. The van der Waals surface area contributed by atoms with Crippen LogP contribution in [-0.4, -0.2) is 35.8 Å². The van der Waals surface area contributed by atoms with Crippen molar-refractivity contribution in [2.24, 2.45) is 4.99 Å². The number of allylic oxidation sites excluding steroid dienone is 1. The van der Waals surface area contributed by atoms with Crippen molar-refractivity contribution in [2.75, 3.05) is 20.3 Å². The third-order valence-electron chi connectivity index (χ3n) is 5.36. The van der Waals surface area contributed by atoms with Crippen LogP contribution in [0.2, 0.25) is 5.02 Å². The number of ether oxygens (including phenoxy) is 2. The molecule has 2 aromatic carbocycles. The van der Waals surface area contributed by atoms with E-state index in [9.17, 15) is 19.7 Å². The Labute approximate surface area is 208 Å². The molecule has 35 heavy (non-hydrogen) atoms. The van der Waals surface area contributed by atoms with E-state index in [0.717, 1.165) is 11.3 Å². The van der Waals surface area contributed by atoms with Crippen LogP contribution >= 0.6 is 22.9 Å². The van der Waals surface area contributed by atoms with Crippen molar-refractivity contribution < 1.29 is 19.2 Å². The highest BCUT2D eigenvalue weighted by Crippen LogP contribution is 2.34. The van der Waals surface area contributed by atoms with E-state index in [1.54, 1.807) is 49.4 Å². The number of methoxy groups -OCH3 is 1. The SMILES string of the molecule is COCCOC(=O)C1=C(C)N=c2s/c(=C\c3ccc([N+](=O)[O-])cc3)c(=O)n2[C@@H]1c1ccccc1Cl. The molecule has 4 rings (SSSR count). The van der Waals surface area contributed by atoms with Gasteiger partial charge < -0.3 is 9.47 Å². The quantitative estimate of drug-likeness (QED) is 0.208. The number of rotatable bonds is 7. The Bertz CT molecular complexity index is 1510. The average Bonchev–Trinajstić information content (AvgIpc) is 3.13. The third kappa shape index (κ3) is 4.95. The second-order valence-electron chi connectivity index (χ2n) is 7.58. The summed E-state index contributed by atoms with van der Waals surface area (Å²) in [6.45, 7) is 1.96.